The summed E-state index contributed by atoms with van der Waals surface area (Å²) in [5.74, 6) is -0.549. The molecule has 1 saturated heterocycles. The molecule has 166 valence electrons. The van der Waals surface area contributed by atoms with E-state index in [2.05, 4.69) is 9.97 Å². The largest absolute Gasteiger partial charge is 0.433 e. The lowest BCUT2D eigenvalue weighted by atomic mass is 9.94. The van der Waals surface area contributed by atoms with Crippen LogP contribution in [0.25, 0.3) is 21.9 Å². The van der Waals surface area contributed by atoms with E-state index in [9.17, 15) is 22.4 Å². The van der Waals surface area contributed by atoms with Crippen molar-refractivity contribution in [3.05, 3.63) is 65.4 Å². The number of halogens is 4. The number of aromatic nitrogens is 3. The summed E-state index contributed by atoms with van der Waals surface area (Å²) in [6.45, 7) is 1.02. The quantitative estimate of drug-likeness (QED) is 0.431. The Balaban J connectivity index is 1.41. The van der Waals surface area contributed by atoms with Crippen LogP contribution in [0.3, 0.4) is 0 Å². The van der Waals surface area contributed by atoms with Crippen LogP contribution in [0.2, 0.25) is 0 Å². The van der Waals surface area contributed by atoms with Gasteiger partial charge in [-0.3, -0.25) is 4.79 Å². The van der Waals surface area contributed by atoms with E-state index in [0.717, 1.165) is 30.1 Å². The van der Waals surface area contributed by atoms with Crippen molar-refractivity contribution in [2.24, 2.45) is 7.05 Å². The summed E-state index contributed by atoms with van der Waals surface area (Å²) >= 11 is 0. The number of benzene rings is 1. The van der Waals surface area contributed by atoms with Gasteiger partial charge in [0.25, 0.3) is 5.91 Å². The number of aromatic amines is 1. The third-order valence-electron chi connectivity index (χ3n) is 6.16. The highest BCUT2D eigenvalue weighted by atomic mass is 19.4. The third-order valence-corrected chi connectivity index (χ3v) is 6.16. The van der Waals surface area contributed by atoms with E-state index < -0.39 is 11.9 Å². The van der Waals surface area contributed by atoms with Crippen LogP contribution in [0.5, 0.6) is 0 Å². The van der Waals surface area contributed by atoms with Gasteiger partial charge in [0.05, 0.1) is 11.0 Å². The number of likely N-dealkylation sites (tertiary alicyclic amines) is 1. The van der Waals surface area contributed by atoms with Crippen LogP contribution in [0, 0.1) is 5.82 Å². The van der Waals surface area contributed by atoms with Gasteiger partial charge in [-0.1, -0.05) is 0 Å². The summed E-state index contributed by atoms with van der Waals surface area (Å²) in [6, 6.07) is 10.1. The SMILES string of the molecule is Cn1c(C(=O)N2CCC[C@H](c3cc4nc(C(F)(F)F)ccc4[nH]3)C2)cc2cc(F)ccc21. The van der Waals surface area contributed by atoms with Gasteiger partial charge in [-0.15, -0.1) is 0 Å². The minimum atomic E-state index is -4.50. The van der Waals surface area contributed by atoms with Crippen molar-refractivity contribution < 1.29 is 22.4 Å². The van der Waals surface area contributed by atoms with Gasteiger partial charge in [0, 0.05) is 42.7 Å². The number of hydrogen-bond donors (Lipinski definition) is 1. The van der Waals surface area contributed by atoms with Gasteiger partial charge in [0.1, 0.15) is 17.2 Å². The van der Waals surface area contributed by atoms with E-state index in [1.54, 1.807) is 34.7 Å². The van der Waals surface area contributed by atoms with Crippen LogP contribution < -0.4 is 0 Å². The Morgan fingerprint density at radius 3 is 2.75 bits per heavy atom. The fourth-order valence-electron chi connectivity index (χ4n) is 4.51. The molecule has 1 aliphatic rings. The number of hydrogen-bond acceptors (Lipinski definition) is 2. The predicted molar refractivity (Wildman–Crippen MR) is 112 cm³/mol. The molecule has 1 aromatic carbocycles. The van der Waals surface area contributed by atoms with Crippen molar-refractivity contribution in [1.29, 1.82) is 0 Å². The van der Waals surface area contributed by atoms with E-state index in [-0.39, 0.29) is 23.2 Å². The predicted octanol–water partition coefficient (Wildman–Crippen LogP) is 5.23. The Morgan fingerprint density at radius 1 is 1.16 bits per heavy atom. The highest BCUT2D eigenvalue weighted by molar-refractivity contribution is 5.98. The second-order valence-electron chi connectivity index (χ2n) is 8.23. The van der Waals surface area contributed by atoms with Gasteiger partial charge in [-0.2, -0.15) is 13.2 Å². The van der Waals surface area contributed by atoms with E-state index in [4.69, 9.17) is 0 Å². The van der Waals surface area contributed by atoms with Crippen LogP contribution in [-0.2, 0) is 13.2 Å². The molecule has 3 aromatic heterocycles. The van der Waals surface area contributed by atoms with E-state index in [1.807, 2.05) is 0 Å². The number of nitrogens with zero attached hydrogens (tertiary/aromatic N) is 3. The number of carbonyl (C=O) groups excluding carboxylic acids is 1. The molecule has 0 saturated carbocycles. The minimum Gasteiger partial charge on any atom is -0.357 e. The Bertz CT molecular complexity index is 1340. The lowest BCUT2D eigenvalue weighted by molar-refractivity contribution is -0.140. The lowest BCUT2D eigenvalue weighted by Crippen LogP contribution is -2.39. The Labute approximate surface area is 180 Å². The number of aryl methyl sites for hydroxylation is 1. The number of rotatable bonds is 2. The van der Waals surface area contributed by atoms with Gasteiger partial charge >= 0.3 is 6.18 Å². The topological polar surface area (TPSA) is 53.9 Å². The maximum Gasteiger partial charge on any atom is 0.433 e. The molecule has 32 heavy (non-hydrogen) atoms. The highest BCUT2D eigenvalue weighted by Gasteiger charge is 2.33. The maximum absolute atomic E-state index is 13.6. The van der Waals surface area contributed by atoms with E-state index in [1.165, 1.54) is 18.2 Å². The molecule has 5 nitrogen and oxygen atoms in total. The van der Waals surface area contributed by atoms with Crippen LogP contribution in [-0.4, -0.2) is 38.4 Å². The number of alkyl halides is 3. The highest BCUT2D eigenvalue weighted by Crippen LogP contribution is 2.32. The van der Waals surface area contributed by atoms with Crippen molar-refractivity contribution in [3.8, 4) is 0 Å². The van der Waals surface area contributed by atoms with Crippen molar-refractivity contribution >= 4 is 27.8 Å². The average Bonchev–Trinajstić information content (AvgIpc) is 3.33. The van der Waals surface area contributed by atoms with Crippen molar-refractivity contribution in [3.63, 3.8) is 0 Å². The maximum atomic E-state index is 13.6. The summed E-state index contributed by atoms with van der Waals surface area (Å²) in [5, 5.41) is 0.659. The number of pyridine rings is 1. The van der Waals surface area contributed by atoms with Crippen LogP contribution in [0.15, 0.2) is 42.5 Å². The molecule has 0 radical (unpaired) electrons. The molecule has 9 heteroatoms. The van der Waals surface area contributed by atoms with Crippen LogP contribution in [0.1, 0.15) is 40.6 Å². The van der Waals surface area contributed by atoms with Crippen molar-refractivity contribution in [1.82, 2.24) is 19.4 Å². The fraction of sp³-hybridized carbons (Fsp3) is 0.304. The summed E-state index contributed by atoms with van der Waals surface area (Å²) in [7, 11) is 1.77. The second kappa shape index (κ2) is 7.36. The Kier molecular flexibility index (Phi) is 4.72. The average molecular weight is 444 g/mol. The molecule has 1 amide bonds. The monoisotopic (exact) mass is 444 g/mol. The summed E-state index contributed by atoms with van der Waals surface area (Å²) < 4.78 is 54.2. The smallest absolute Gasteiger partial charge is 0.357 e. The molecular formula is C23H20F4N4O. The normalized spacial score (nSPS) is 17.4. The van der Waals surface area contributed by atoms with Gasteiger partial charge in [-0.25, -0.2) is 9.37 Å². The van der Waals surface area contributed by atoms with Gasteiger partial charge in [0.2, 0.25) is 0 Å². The molecule has 5 rings (SSSR count). The van der Waals surface area contributed by atoms with E-state index in [0.29, 0.717) is 29.7 Å². The van der Waals surface area contributed by atoms with E-state index >= 15 is 0 Å². The lowest BCUT2D eigenvalue weighted by Gasteiger charge is -2.32. The zero-order valence-electron chi connectivity index (χ0n) is 17.2. The summed E-state index contributed by atoms with van der Waals surface area (Å²) in [4.78, 5) is 21.9. The second-order valence-corrected chi connectivity index (χ2v) is 8.23. The summed E-state index contributed by atoms with van der Waals surface area (Å²) in [5.41, 5.74) is 1.87. The minimum absolute atomic E-state index is 0.0386. The number of fused-ring (bicyclic) bond motifs is 2. The molecule has 0 spiro atoms. The molecule has 0 bridgehead atoms. The molecule has 0 aliphatic carbocycles. The third kappa shape index (κ3) is 3.51. The molecule has 4 heterocycles. The fourth-order valence-corrected chi connectivity index (χ4v) is 4.51. The first-order chi connectivity index (χ1) is 15.2. The number of piperidine rings is 1. The summed E-state index contributed by atoms with van der Waals surface area (Å²) in [6.07, 6.45) is -2.92. The van der Waals surface area contributed by atoms with Gasteiger partial charge in [-0.05, 0) is 55.3 Å². The molecule has 4 aromatic rings. The molecular weight excluding hydrogens is 424 g/mol. The molecule has 1 atom stereocenters. The van der Waals surface area contributed by atoms with Gasteiger partial charge in [0.15, 0.2) is 0 Å². The number of amides is 1. The van der Waals surface area contributed by atoms with Gasteiger partial charge < -0.3 is 14.5 Å². The number of nitrogens with one attached hydrogen (secondary N) is 1. The Morgan fingerprint density at radius 2 is 1.97 bits per heavy atom. The molecule has 1 aliphatic heterocycles. The first kappa shape index (κ1) is 20.5. The van der Waals surface area contributed by atoms with Crippen LogP contribution >= 0.6 is 0 Å². The van der Waals surface area contributed by atoms with Crippen LogP contribution in [0.4, 0.5) is 17.6 Å². The standard InChI is InChI=1S/C23H20F4N4O/c1-30-19-6-4-15(24)9-14(19)10-20(30)22(32)31-8-2-3-13(12-31)17-11-18-16(28-17)5-7-21(29-18)23(25,26)27/h4-7,9-11,13,28H,2-3,8,12H2,1H3/t13-/m0/s1. The number of H-pyrrole nitrogens is 1. The van der Waals surface area contributed by atoms with Crippen molar-refractivity contribution in [2.45, 2.75) is 24.9 Å². The zero-order chi connectivity index (χ0) is 22.6. The molecule has 1 N–H and O–H groups in total. The Hall–Kier alpha value is -3.36. The first-order valence-electron chi connectivity index (χ1n) is 10.3. The number of carbonyl (C=O) groups is 1. The molecule has 0 unspecified atom stereocenters. The first-order valence-corrected chi connectivity index (χ1v) is 10.3. The molecule has 1 fully saturated rings. The zero-order valence-corrected chi connectivity index (χ0v) is 17.2. The van der Waals surface area contributed by atoms with Crippen molar-refractivity contribution in [2.75, 3.05) is 13.1 Å².